The minimum absolute atomic E-state index is 0.0486. The second-order valence-electron chi connectivity index (χ2n) is 6.16. The number of nitrogens with two attached hydrogens (primary N) is 1. The SMILES string of the molecule is CC(C)COc1ccc(CC(CN)c2ccc(F)c(F)c2)cc1. The average Bonchev–Trinajstić information content (AvgIpc) is 2.54. The Kier molecular flexibility index (Phi) is 6.11. The fraction of sp³-hybridized carbons (Fsp3) is 0.368. The number of hydrogen-bond donors (Lipinski definition) is 1. The molecule has 0 bridgehead atoms. The molecule has 0 aliphatic rings. The van der Waals surface area contributed by atoms with Gasteiger partial charge in [-0.3, -0.25) is 0 Å². The van der Waals surface area contributed by atoms with Crippen LogP contribution in [0.2, 0.25) is 0 Å². The van der Waals surface area contributed by atoms with Gasteiger partial charge in [-0.05, 0) is 54.3 Å². The smallest absolute Gasteiger partial charge is 0.159 e. The van der Waals surface area contributed by atoms with Gasteiger partial charge in [0, 0.05) is 5.92 Å². The van der Waals surface area contributed by atoms with Gasteiger partial charge in [0.05, 0.1) is 6.61 Å². The molecule has 2 rings (SSSR count). The van der Waals surface area contributed by atoms with E-state index in [2.05, 4.69) is 13.8 Å². The Bertz CT molecular complexity index is 626. The summed E-state index contributed by atoms with van der Waals surface area (Å²) in [6.45, 7) is 5.25. The summed E-state index contributed by atoms with van der Waals surface area (Å²) in [6.07, 6.45) is 0.673. The van der Waals surface area contributed by atoms with Gasteiger partial charge in [-0.15, -0.1) is 0 Å². The van der Waals surface area contributed by atoms with E-state index in [1.807, 2.05) is 24.3 Å². The summed E-state index contributed by atoms with van der Waals surface area (Å²) in [5.74, 6) is -0.411. The maximum absolute atomic E-state index is 13.4. The molecule has 1 atom stereocenters. The molecule has 2 nitrogen and oxygen atoms in total. The maximum Gasteiger partial charge on any atom is 0.159 e. The van der Waals surface area contributed by atoms with Crippen molar-refractivity contribution in [1.29, 1.82) is 0 Å². The minimum Gasteiger partial charge on any atom is -0.493 e. The fourth-order valence-corrected chi connectivity index (χ4v) is 2.37. The van der Waals surface area contributed by atoms with Crippen LogP contribution in [0.4, 0.5) is 8.78 Å². The highest BCUT2D eigenvalue weighted by Gasteiger charge is 2.13. The van der Waals surface area contributed by atoms with Crippen molar-refractivity contribution in [2.24, 2.45) is 11.7 Å². The van der Waals surface area contributed by atoms with Crippen LogP contribution >= 0.6 is 0 Å². The van der Waals surface area contributed by atoms with Crippen LogP contribution in [0.25, 0.3) is 0 Å². The Balaban J connectivity index is 2.05. The predicted molar refractivity (Wildman–Crippen MR) is 88.6 cm³/mol. The highest BCUT2D eigenvalue weighted by atomic mass is 19.2. The van der Waals surface area contributed by atoms with Gasteiger partial charge in [-0.2, -0.15) is 0 Å². The third-order valence-corrected chi connectivity index (χ3v) is 3.69. The van der Waals surface area contributed by atoms with Crippen LogP contribution in [-0.2, 0) is 6.42 Å². The van der Waals surface area contributed by atoms with Crippen molar-refractivity contribution < 1.29 is 13.5 Å². The van der Waals surface area contributed by atoms with Crippen molar-refractivity contribution in [3.05, 3.63) is 65.2 Å². The van der Waals surface area contributed by atoms with E-state index in [4.69, 9.17) is 10.5 Å². The van der Waals surface area contributed by atoms with Gasteiger partial charge in [-0.25, -0.2) is 8.78 Å². The standard InChI is InChI=1S/C19H23F2NO/c1-13(2)12-23-17-6-3-14(4-7-17)9-16(11-22)15-5-8-18(20)19(21)10-15/h3-8,10,13,16H,9,11-12,22H2,1-2H3. The largest absolute Gasteiger partial charge is 0.493 e. The summed E-state index contributed by atoms with van der Waals surface area (Å²) in [5.41, 5.74) is 7.61. The van der Waals surface area contributed by atoms with E-state index in [9.17, 15) is 8.78 Å². The number of benzene rings is 2. The van der Waals surface area contributed by atoms with Crippen LogP contribution in [0, 0.1) is 17.6 Å². The fourth-order valence-electron chi connectivity index (χ4n) is 2.37. The molecular weight excluding hydrogens is 296 g/mol. The molecule has 2 aromatic rings. The lowest BCUT2D eigenvalue weighted by Crippen LogP contribution is -2.15. The number of ether oxygens (including phenoxy) is 1. The highest BCUT2D eigenvalue weighted by Crippen LogP contribution is 2.23. The zero-order chi connectivity index (χ0) is 16.8. The second kappa shape index (κ2) is 8.06. The minimum atomic E-state index is -0.837. The Morgan fingerprint density at radius 1 is 1.00 bits per heavy atom. The molecule has 0 aliphatic carbocycles. The molecule has 0 saturated carbocycles. The molecule has 0 aromatic heterocycles. The lowest BCUT2D eigenvalue weighted by Gasteiger charge is -2.16. The van der Waals surface area contributed by atoms with Gasteiger partial charge in [-0.1, -0.05) is 32.0 Å². The summed E-state index contributed by atoms with van der Waals surface area (Å²) in [6, 6.07) is 11.8. The summed E-state index contributed by atoms with van der Waals surface area (Å²) in [7, 11) is 0. The number of halogens is 2. The van der Waals surface area contributed by atoms with Gasteiger partial charge >= 0.3 is 0 Å². The van der Waals surface area contributed by atoms with E-state index in [1.54, 1.807) is 6.07 Å². The molecule has 0 amide bonds. The van der Waals surface area contributed by atoms with Crippen LogP contribution in [0.3, 0.4) is 0 Å². The number of rotatable bonds is 7. The molecule has 1 unspecified atom stereocenters. The van der Waals surface area contributed by atoms with Crippen molar-refractivity contribution in [3.63, 3.8) is 0 Å². The highest BCUT2D eigenvalue weighted by molar-refractivity contribution is 5.30. The van der Waals surface area contributed by atoms with E-state index in [0.717, 1.165) is 17.4 Å². The van der Waals surface area contributed by atoms with E-state index >= 15 is 0 Å². The molecular formula is C19H23F2NO. The summed E-state index contributed by atoms with van der Waals surface area (Å²) < 4.78 is 32.1. The van der Waals surface area contributed by atoms with Crippen molar-refractivity contribution >= 4 is 0 Å². The molecule has 2 N–H and O–H groups in total. The van der Waals surface area contributed by atoms with E-state index < -0.39 is 11.6 Å². The Morgan fingerprint density at radius 3 is 2.26 bits per heavy atom. The van der Waals surface area contributed by atoms with E-state index in [-0.39, 0.29) is 5.92 Å². The van der Waals surface area contributed by atoms with Gasteiger partial charge in [0.2, 0.25) is 0 Å². The van der Waals surface area contributed by atoms with Crippen molar-refractivity contribution in [2.45, 2.75) is 26.2 Å². The molecule has 0 aliphatic heterocycles. The molecule has 0 radical (unpaired) electrons. The van der Waals surface area contributed by atoms with Crippen LogP contribution in [0.5, 0.6) is 5.75 Å². The van der Waals surface area contributed by atoms with Gasteiger partial charge in [0.1, 0.15) is 5.75 Å². The Hall–Kier alpha value is -1.94. The first-order chi connectivity index (χ1) is 11.0. The lowest BCUT2D eigenvalue weighted by atomic mass is 9.92. The second-order valence-corrected chi connectivity index (χ2v) is 6.16. The van der Waals surface area contributed by atoms with Gasteiger partial charge in [0.25, 0.3) is 0 Å². The first kappa shape index (κ1) is 17.4. The van der Waals surface area contributed by atoms with Crippen molar-refractivity contribution in [3.8, 4) is 5.75 Å². The lowest BCUT2D eigenvalue weighted by molar-refractivity contribution is 0.271. The molecule has 23 heavy (non-hydrogen) atoms. The van der Waals surface area contributed by atoms with Crippen molar-refractivity contribution in [1.82, 2.24) is 0 Å². The quantitative estimate of drug-likeness (QED) is 0.826. The molecule has 124 valence electrons. The van der Waals surface area contributed by atoms with Crippen molar-refractivity contribution in [2.75, 3.05) is 13.2 Å². The zero-order valence-electron chi connectivity index (χ0n) is 13.6. The summed E-state index contributed by atoms with van der Waals surface area (Å²) in [5, 5.41) is 0. The normalized spacial score (nSPS) is 12.4. The van der Waals surface area contributed by atoms with Gasteiger partial charge < -0.3 is 10.5 Å². The predicted octanol–water partition coefficient (Wildman–Crippen LogP) is 4.28. The van der Waals surface area contributed by atoms with Crippen LogP contribution in [0.1, 0.15) is 30.9 Å². The molecule has 0 fully saturated rings. The number of hydrogen-bond acceptors (Lipinski definition) is 2. The van der Waals surface area contributed by atoms with Crippen LogP contribution in [0.15, 0.2) is 42.5 Å². The Morgan fingerprint density at radius 2 is 1.70 bits per heavy atom. The van der Waals surface area contributed by atoms with Crippen LogP contribution in [-0.4, -0.2) is 13.2 Å². The maximum atomic E-state index is 13.4. The molecule has 0 spiro atoms. The Labute approximate surface area is 136 Å². The molecule has 0 saturated heterocycles. The molecule has 4 heteroatoms. The first-order valence-corrected chi connectivity index (χ1v) is 7.86. The topological polar surface area (TPSA) is 35.2 Å². The summed E-state index contributed by atoms with van der Waals surface area (Å²) in [4.78, 5) is 0. The van der Waals surface area contributed by atoms with Crippen LogP contribution < -0.4 is 10.5 Å². The third-order valence-electron chi connectivity index (χ3n) is 3.69. The molecule has 2 aromatic carbocycles. The average molecular weight is 319 g/mol. The van der Waals surface area contributed by atoms with E-state index in [1.165, 1.54) is 6.07 Å². The third kappa shape index (κ3) is 5.03. The zero-order valence-corrected chi connectivity index (χ0v) is 13.6. The monoisotopic (exact) mass is 319 g/mol. The van der Waals surface area contributed by atoms with Gasteiger partial charge in [0.15, 0.2) is 11.6 Å². The van der Waals surface area contributed by atoms with E-state index in [0.29, 0.717) is 31.1 Å². The molecule has 0 heterocycles. The summed E-state index contributed by atoms with van der Waals surface area (Å²) >= 11 is 0. The first-order valence-electron chi connectivity index (χ1n) is 7.86.